The molecule has 0 aliphatic heterocycles. The predicted molar refractivity (Wildman–Crippen MR) is 116 cm³/mol. The molecule has 1 aromatic carbocycles. The van der Waals surface area contributed by atoms with E-state index in [-0.39, 0.29) is 12.0 Å². The smallest absolute Gasteiger partial charge is 0.413 e. The number of rotatable bonds is 4. The van der Waals surface area contributed by atoms with E-state index in [0.717, 1.165) is 12.8 Å². The fourth-order valence-electron chi connectivity index (χ4n) is 3.12. The Balaban J connectivity index is 0.000000273. The third kappa shape index (κ3) is 6.16. The van der Waals surface area contributed by atoms with E-state index in [1.165, 1.54) is 11.7 Å². The number of carbonyl (C=O) groups excluding carboxylic acids is 2. The number of hydrogen-bond acceptors (Lipinski definition) is 10. The summed E-state index contributed by atoms with van der Waals surface area (Å²) in [6, 6.07) is 6.83. The molecule has 0 radical (unpaired) electrons. The number of aromatic nitrogens is 2. The van der Waals surface area contributed by atoms with Gasteiger partial charge in [-0.25, -0.2) is 19.1 Å². The molecular weight excluding hydrogens is 440 g/mol. The van der Waals surface area contributed by atoms with Crippen LogP contribution in [0.1, 0.15) is 19.8 Å². The zero-order chi connectivity index (χ0) is 24.7. The van der Waals surface area contributed by atoms with Gasteiger partial charge in [0, 0.05) is 6.54 Å². The van der Waals surface area contributed by atoms with Crippen LogP contribution in [0, 0.1) is 0 Å². The highest BCUT2D eigenvalue weighted by atomic mass is 16.5. The van der Waals surface area contributed by atoms with Crippen molar-refractivity contribution in [3.05, 3.63) is 24.3 Å². The average Bonchev–Trinajstić information content (AvgIpc) is 3.18. The van der Waals surface area contributed by atoms with E-state index < -0.39 is 42.7 Å². The monoisotopic (exact) mass is 470 g/mol. The van der Waals surface area contributed by atoms with Crippen LogP contribution in [0.2, 0.25) is 0 Å². The van der Waals surface area contributed by atoms with Crippen molar-refractivity contribution in [2.24, 2.45) is 0 Å². The van der Waals surface area contributed by atoms with E-state index in [0.29, 0.717) is 17.6 Å². The lowest BCUT2D eigenvalue weighted by Gasteiger charge is -2.39. The van der Waals surface area contributed by atoms with E-state index in [1.54, 1.807) is 12.1 Å². The summed E-state index contributed by atoms with van der Waals surface area (Å²) in [5.41, 5.74) is 1.24. The maximum absolute atomic E-state index is 12.3. The summed E-state index contributed by atoms with van der Waals surface area (Å²) in [7, 11) is 1.25. The molecule has 33 heavy (non-hydrogen) atoms. The van der Waals surface area contributed by atoms with Crippen LogP contribution in [0.3, 0.4) is 0 Å². The Labute approximate surface area is 189 Å². The molecule has 0 unspecified atom stereocenters. The Kier molecular flexibility index (Phi) is 9.52. The normalized spacial score (nSPS) is 26.8. The summed E-state index contributed by atoms with van der Waals surface area (Å²) in [5.74, 6) is 0.136. The van der Waals surface area contributed by atoms with Crippen molar-refractivity contribution in [3.63, 3.8) is 0 Å². The maximum atomic E-state index is 12.3. The van der Waals surface area contributed by atoms with Crippen LogP contribution in [0.15, 0.2) is 24.3 Å². The molecule has 2 aromatic rings. The lowest BCUT2D eigenvalue weighted by Crippen LogP contribution is -2.63. The highest BCUT2D eigenvalue weighted by Gasteiger charge is 2.47. The van der Waals surface area contributed by atoms with Crippen molar-refractivity contribution in [1.82, 2.24) is 14.9 Å². The molecule has 13 nitrogen and oxygen atoms in total. The Bertz CT molecular complexity index is 879. The van der Waals surface area contributed by atoms with Gasteiger partial charge in [0.25, 0.3) is 0 Å². The van der Waals surface area contributed by atoms with Crippen molar-refractivity contribution in [1.29, 1.82) is 0 Å². The second-order valence-electron chi connectivity index (χ2n) is 7.41. The molecule has 1 saturated carbocycles. The first kappa shape index (κ1) is 26.4. The molecule has 1 aliphatic carbocycles. The molecular formula is C20H30N4O9. The maximum Gasteiger partial charge on any atom is 0.413 e. The van der Waals surface area contributed by atoms with Crippen LogP contribution in [-0.2, 0) is 4.74 Å². The van der Waals surface area contributed by atoms with Crippen LogP contribution in [0.5, 0.6) is 0 Å². The number of amides is 2. The minimum absolute atomic E-state index is 0.136. The molecule has 1 aliphatic rings. The van der Waals surface area contributed by atoms with Crippen molar-refractivity contribution < 1.29 is 45.0 Å². The Morgan fingerprint density at radius 2 is 1.48 bits per heavy atom. The molecule has 8 N–H and O–H groups in total. The first-order valence-corrected chi connectivity index (χ1v) is 10.3. The van der Waals surface area contributed by atoms with Gasteiger partial charge >= 0.3 is 12.1 Å². The van der Waals surface area contributed by atoms with Gasteiger partial charge in [0.15, 0.2) is 0 Å². The molecule has 1 heterocycles. The number of carbonyl (C=O) groups is 2. The lowest BCUT2D eigenvalue weighted by atomic mass is 9.85. The van der Waals surface area contributed by atoms with Crippen LogP contribution < -0.4 is 10.6 Å². The fraction of sp³-hybridized carbons (Fsp3) is 0.550. The minimum atomic E-state index is -1.64. The van der Waals surface area contributed by atoms with Gasteiger partial charge < -0.3 is 40.7 Å². The zero-order valence-corrected chi connectivity index (χ0v) is 18.2. The molecule has 0 bridgehead atoms. The molecule has 2 amide bonds. The summed E-state index contributed by atoms with van der Waals surface area (Å²) < 4.78 is 5.88. The van der Waals surface area contributed by atoms with Gasteiger partial charge in [-0.2, -0.15) is 0 Å². The number of benzene rings is 1. The van der Waals surface area contributed by atoms with Crippen molar-refractivity contribution in [2.75, 3.05) is 19.0 Å². The SMILES string of the molecule is CCCCNC(=O)n1c(NC(=O)OC)nc2ccccc21.O[C@H]1[C@H](O)[C@@H](O)[C@H](O)[C@@H](O)[C@H]1O. The third-order valence-corrected chi connectivity index (χ3v) is 5.07. The minimum Gasteiger partial charge on any atom is -0.453 e. The van der Waals surface area contributed by atoms with Crippen LogP contribution in [-0.4, -0.2) is 103 Å². The Hall–Kier alpha value is -2.81. The standard InChI is InChI=1S/C14H18N4O3.C6H12O6/c1-3-4-9-15-13(19)18-11-8-6-5-7-10(11)16-12(18)17-14(20)21-2;7-1-2(8)4(10)6(12)5(11)3(1)9/h5-8H,3-4,9H2,1-2H3,(H,15,19)(H,16,17,20);1-12H/t;1-,2-,3-,4+,5-,6-. The van der Waals surface area contributed by atoms with Gasteiger partial charge in [-0.05, 0) is 18.6 Å². The second-order valence-corrected chi connectivity index (χ2v) is 7.41. The number of anilines is 1. The molecule has 1 aromatic heterocycles. The van der Waals surface area contributed by atoms with E-state index in [1.807, 2.05) is 19.1 Å². The Morgan fingerprint density at radius 3 is 1.97 bits per heavy atom. The summed E-state index contributed by atoms with van der Waals surface area (Å²) >= 11 is 0. The lowest BCUT2D eigenvalue weighted by molar-refractivity contribution is -0.223. The van der Waals surface area contributed by atoms with E-state index in [4.69, 9.17) is 30.6 Å². The van der Waals surface area contributed by atoms with Crippen LogP contribution >= 0.6 is 0 Å². The van der Waals surface area contributed by atoms with Crippen molar-refractivity contribution >= 4 is 29.1 Å². The number of nitrogens with one attached hydrogen (secondary N) is 2. The highest BCUT2D eigenvalue weighted by molar-refractivity contribution is 5.96. The van der Waals surface area contributed by atoms with Gasteiger partial charge in [0.2, 0.25) is 5.95 Å². The van der Waals surface area contributed by atoms with Crippen molar-refractivity contribution in [2.45, 2.75) is 56.4 Å². The van der Waals surface area contributed by atoms with Gasteiger partial charge in [0.1, 0.15) is 36.6 Å². The number of aliphatic hydroxyl groups is 6. The number of unbranched alkanes of at least 4 members (excludes halogenated alkanes) is 1. The van der Waals surface area contributed by atoms with Gasteiger partial charge in [-0.1, -0.05) is 25.5 Å². The number of para-hydroxylation sites is 2. The number of methoxy groups -OCH3 is 1. The first-order valence-electron chi connectivity index (χ1n) is 10.3. The molecule has 184 valence electrons. The van der Waals surface area contributed by atoms with E-state index >= 15 is 0 Å². The first-order chi connectivity index (χ1) is 15.6. The van der Waals surface area contributed by atoms with Gasteiger partial charge in [-0.15, -0.1) is 0 Å². The second kappa shape index (κ2) is 11.9. The number of aliphatic hydroxyl groups excluding tert-OH is 6. The molecule has 0 spiro atoms. The van der Waals surface area contributed by atoms with Crippen LogP contribution in [0.25, 0.3) is 11.0 Å². The number of fused-ring (bicyclic) bond motifs is 1. The Morgan fingerprint density at radius 1 is 0.970 bits per heavy atom. The quantitative estimate of drug-likeness (QED) is 0.249. The van der Waals surface area contributed by atoms with Crippen LogP contribution in [0.4, 0.5) is 15.5 Å². The predicted octanol–water partition coefficient (Wildman–Crippen LogP) is -1.26. The molecule has 0 saturated heterocycles. The average molecular weight is 470 g/mol. The molecule has 3 rings (SSSR count). The molecule has 0 atom stereocenters. The largest absolute Gasteiger partial charge is 0.453 e. The van der Waals surface area contributed by atoms with Gasteiger partial charge in [0.05, 0.1) is 18.1 Å². The third-order valence-electron chi connectivity index (χ3n) is 5.07. The number of imidazole rings is 1. The number of ether oxygens (including phenoxy) is 1. The summed E-state index contributed by atoms with van der Waals surface area (Å²) in [6.07, 6.45) is -8.64. The van der Waals surface area contributed by atoms with E-state index in [2.05, 4.69) is 20.4 Å². The fourth-order valence-corrected chi connectivity index (χ4v) is 3.12. The van der Waals surface area contributed by atoms with E-state index in [9.17, 15) is 9.59 Å². The number of hydrogen-bond donors (Lipinski definition) is 8. The summed E-state index contributed by atoms with van der Waals surface area (Å²) in [5, 5.41) is 59.1. The van der Waals surface area contributed by atoms with Gasteiger partial charge in [-0.3, -0.25) is 5.32 Å². The summed E-state index contributed by atoms with van der Waals surface area (Å²) in [6.45, 7) is 2.61. The summed E-state index contributed by atoms with van der Waals surface area (Å²) in [4.78, 5) is 27.9. The number of nitrogens with zero attached hydrogens (tertiary/aromatic N) is 2. The van der Waals surface area contributed by atoms with Crippen molar-refractivity contribution in [3.8, 4) is 0 Å². The molecule has 1 fully saturated rings. The topological polar surface area (TPSA) is 207 Å². The highest BCUT2D eigenvalue weighted by Crippen LogP contribution is 2.21. The molecule has 13 heteroatoms. The zero-order valence-electron chi connectivity index (χ0n) is 18.2.